The minimum atomic E-state index is -0.362. The van der Waals surface area contributed by atoms with E-state index >= 15 is 0 Å². The van der Waals surface area contributed by atoms with Crippen LogP contribution in [0.5, 0.6) is 6.01 Å². The van der Waals surface area contributed by atoms with Gasteiger partial charge in [-0.15, -0.1) is 5.10 Å². The summed E-state index contributed by atoms with van der Waals surface area (Å²) in [6, 6.07) is 13.6. The highest BCUT2D eigenvalue weighted by molar-refractivity contribution is 5.94. The molecule has 1 aromatic heterocycles. The zero-order chi connectivity index (χ0) is 20.9. The molecule has 30 heavy (non-hydrogen) atoms. The quantitative estimate of drug-likeness (QED) is 0.543. The van der Waals surface area contributed by atoms with Crippen molar-refractivity contribution in [1.29, 1.82) is 0 Å². The highest BCUT2D eigenvalue weighted by Gasteiger charge is 2.29. The van der Waals surface area contributed by atoms with Crippen LogP contribution in [0.3, 0.4) is 0 Å². The number of aromatic nitrogens is 3. The highest BCUT2D eigenvalue weighted by Crippen LogP contribution is 2.30. The van der Waals surface area contributed by atoms with Gasteiger partial charge in [0.05, 0.1) is 12.3 Å². The van der Waals surface area contributed by atoms with E-state index in [0.29, 0.717) is 36.9 Å². The zero-order valence-electron chi connectivity index (χ0n) is 16.7. The lowest BCUT2D eigenvalue weighted by Gasteiger charge is -2.08. The van der Waals surface area contributed by atoms with Crippen LogP contribution in [-0.4, -0.2) is 40.5 Å². The lowest BCUT2D eigenvalue weighted by molar-refractivity contribution is -0.117. The van der Waals surface area contributed by atoms with Gasteiger partial charge in [-0.25, -0.2) is 9.07 Å². The lowest BCUT2D eigenvalue weighted by atomic mass is 10.2. The van der Waals surface area contributed by atoms with Gasteiger partial charge >= 0.3 is 6.01 Å². The Balaban J connectivity index is 1.59. The van der Waals surface area contributed by atoms with Crippen molar-refractivity contribution in [3.63, 3.8) is 0 Å². The number of ether oxygens (including phenoxy) is 2. The Kier molecular flexibility index (Phi) is 6.04. The molecule has 1 heterocycles. The van der Waals surface area contributed by atoms with Crippen molar-refractivity contribution in [3.8, 4) is 23.1 Å². The van der Waals surface area contributed by atoms with Crippen LogP contribution in [0.1, 0.15) is 19.8 Å². The third kappa shape index (κ3) is 4.83. The number of nitrogens with one attached hydrogen (secondary N) is 1. The van der Waals surface area contributed by atoms with E-state index in [-0.39, 0.29) is 23.7 Å². The molecular formula is C22H23FN4O3. The number of anilines is 1. The molecule has 0 saturated heterocycles. The van der Waals surface area contributed by atoms with Crippen LogP contribution in [0.4, 0.5) is 10.1 Å². The monoisotopic (exact) mass is 410 g/mol. The topological polar surface area (TPSA) is 78.3 Å². The average molecular weight is 410 g/mol. The van der Waals surface area contributed by atoms with Crippen molar-refractivity contribution in [2.24, 2.45) is 5.92 Å². The Labute approximate surface area is 173 Å². The molecule has 156 valence electrons. The fourth-order valence-corrected chi connectivity index (χ4v) is 2.96. The van der Waals surface area contributed by atoms with Crippen molar-refractivity contribution < 1.29 is 18.7 Å². The van der Waals surface area contributed by atoms with Gasteiger partial charge in [0.15, 0.2) is 5.82 Å². The summed E-state index contributed by atoms with van der Waals surface area (Å²) in [6.07, 6.45) is 1.90. The second-order valence-corrected chi connectivity index (χ2v) is 7.00. The molecule has 0 aliphatic heterocycles. The minimum absolute atomic E-state index is 0.0499. The third-order valence-corrected chi connectivity index (χ3v) is 4.66. The van der Waals surface area contributed by atoms with Gasteiger partial charge in [-0.1, -0.05) is 12.1 Å². The summed E-state index contributed by atoms with van der Waals surface area (Å²) in [5, 5.41) is 7.34. The van der Waals surface area contributed by atoms with Crippen LogP contribution in [0, 0.1) is 11.7 Å². The molecule has 1 aliphatic rings. The van der Waals surface area contributed by atoms with Gasteiger partial charge < -0.3 is 14.8 Å². The van der Waals surface area contributed by atoms with E-state index in [4.69, 9.17) is 9.47 Å². The number of carbonyl (C=O) groups is 1. The molecule has 0 unspecified atom stereocenters. The molecule has 0 spiro atoms. The molecule has 0 radical (unpaired) electrons. The molecule has 4 rings (SSSR count). The second-order valence-electron chi connectivity index (χ2n) is 7.00. The first kappa shape index (κ1) is 20.0. The molecule has 1 saturated carbocycles. The number of hydrogen-bond acceptors (Lipinski definition) is 5. The largest absolute Gasteiger partial charge is 0.460 e. The summed E-state index contributed by atoms with van der Waals surface area (Å²) in [5.41, 5.74) is 2.01. The maximum Gasteiger partial charge on any atom is 0.336 e. The van der Waals surface area contributed by atoms with Crippen molar-refractivity contribution in [2.75, 3.05) is 25.1 Å². The Morgan fingerprint density at radius 1 is 1.20 bits per heavy atom. The van der Waals surface area contributed by atoms with Crippen molar-refractivity contribution >= 4 is 11.6 Å². The summed E-state index contributed by atoms with van der Waals surface area (Å²) in [4.78, 5) is 16.4. The standard InChI is InChI=1S/C22H23FN4O3/c1-2-29-12-13-30-22-25-20(16-4-3-5-17(23)14-16)27(26-22)19-10-8-18(9-11-19)24-21(28)15-6-7-15/h3-5,8-11,14-15H,2,6-7,12-13H2,1H3,(H,24,28). The summed E-state index contributed by atoms with van der Waals surface area (Å²) in [5.74, 6) is 0.277. The molecule has 8 heteroatoms. The van der Waals surface area contributed by atoms with E-state index in [2.05, 4.69) is 15.4 Å². The fraction of sp³-hybridized carbons (Fsp3) is 0.318. The zero-order valence-corrected chi connectivity index (χ0v) is 16.7. The van der Waals surface area contributed by atoms with E-state index < -0.39 is 0 Å². The molecule has 7 nitrogen and oxygen atoms in total. The number of benzene rings is 2. The molecule has 2 aromatic carbocycles. The number of hydrogen-bond donors (Lipinski definition) is 1. The minimum Gasteiger partial charge on any atom is -0.460 e. The first-order chi connectivity index (χ1) is 14.6. The lowest BCUT2D eigenvalue weighted by Crippen LogP contribution is -2.13. The summed E-state index contributed by atoms with van der Waals surface area (Å²) in [6.45, 7) is 3.25. The van der Waals surface area contributed by atoms with Crippen LogP contribution in [0.2, 0.25) is 0 Å². The van der Waals surface area contributed by atoms with Gasteiger partial charge in [0.25, 0.3) is 0 Å². The van der Waals surface area contributed by atoms with Crippen LogP contribution in [0.15, 0.2) is 48.5 Å². The van der Waals surface area contributed by atoms with Gasteiger partial charge in [-0.2, -0.15) is 4.98 Å². The fourth-order valence-electron chi connectivity index (χ4n) is 2.96. The predicted octanol–water partition coefficient (Wildman–Crippen LogP) is 3.84. The molecule has 0 atom stereocenters. The van der Waals surface area contributed by atoms with Gasteiger partial charge in [0.2, 0.25) is 5.91 Å². The van der Waals surface area contributed by atoms with Crippen LogP contribution < -0.4 is 10.1 Å². The average Bonchev–Trinajstić information content (AvgIpc) is 3.52. The molecule has 1 aliphatic carbocycles. The maximum atomic E-state index is 13.8. The van der Waals surface area contributed by atoms with E-state index in [1.807, 2.05) is 31.2 Å². The van der Waals surface area contributed by atoms with Gasteiger partial charge in [-0.3, -0.25) is 4.79 Å². The molecule has 1 fully saturated rings. The second kappa shape index (κ2) is 9.04. The van der Waals surface area contributed by atoms with Crippen LogP contribution in [0.25, 0.3) is 17.1 Å². The Bertz CT molecular complexity index is 1020. The molecule has 0 bridgehead atoms. The number of carbonyl (C=O) groups excluding carboxylic acids is 1. The Morgan fingerprint density at radius 2 is 2.00 bits per heavy atom. The number of halogens is 1. The first-order valence-corrected chi connectivity index (χ1v) is 9.99. The summed E-state index contributed by atoms with van der Waals surface area (Å²) < 4.78 is 26.2. The van der Waals surface area contributed by atoms with Gasteiger partial charge in [0.1, 0.15) is 12.4 Å². The SMILES string of the molecule is CCOCCOc1nc(-c2cccc(F)c2)n(-c2ccc(NC(=O)C3CC3)cc2)n1. The van der Waals surface area contributed by atoms with Crippen molar-refractivity contribution in [3.05, 3.63) is 54.3 Å². The van der Waals surface area contributed by atoms with E-state index in [1.54, 1.807) is 16.8 Å². The molecule has 3 aromatic rings. The first-order valence-electron chi connectivity index (χ1n) is 9.99. The van der Waals surface area contributed by atoms with Crippen LogP contribution >= 0.6 is 0 Å². The predicted molar refractivity (Wildman–Crippen MR) is 110 cm³/mol. The number of amides is 1. The Hall–Kier alpha value is -3.26. The van der Waals surface area contributed by atoms with Gasteiger partial charge in [-0.05, 0) is 56.2 Å². The highest BCUT2D eigenvalue weighted by atomic mass is 19.1. The Morgan fingerprint density at radius 3 is 2.70 bits per heavy atom. The van der Waals surface area contributed by atoms with Gasteiger partial charge in [0, 0.05) is 23.8 Å². The normalized spacial score (nSPS) is 13.3. The number of nitrogens with zero attached hydrogens (tertiary/aromatic N) is 3. The van der Waals surface area contributed by atoms with E-state index in [0.717, 1.165) is 18.5 Å². The molecule has 1 amide bonds. The number of rotatable bonds is 9. The van der Waals surface area contributed by atoms with E-state index in [1.165, 1.54) is 12.1 Å². The summed E-state index contributed by atoms with van der Waals surface area (Å²) >= 11 is 0. The van der Waals surface area contributed by atoms with Crippen LogP contribution in [-0.2, 0) is 9.53 Å². The molecular weight excluding hydrogens is 387 g/mol. The third-order valence-electron chi connectivity index (χ3n) is 4.66. The van der Waals surface area contributed by atoms with Crippen molar-refractivity contribution in [2.45, 2.75) is 19.8 Å². The molecule has 1 N–H and O–H groups in total. The summed E-state index contributed by atoms with van der Waals surface area (Å²) in [7, 11) is 0. The van der Waals surface area contributed by atoms with E-state index in [9.17, 15) is 9.18 Å². The smallest absolute Gasteiger partial charge is 0.336 e. The van der Waals surface area contributed by atoms with Crippen molar-refractivity contribution in [1.82, 2.24) is 14.8 Å². The maximum absolute atomic E-state index is 13.8.